The average Bonchev–Trinajstić information content (AvgIpc) is 2.76. The molecule has 156 valence electrons. The standard InChI is InChI=1S/C22H21NO7/c1-3-13-29-22(25)20(30-21(24)18-11-7-8-12-19(18)28-2)14-17(15-23(26)27)16-9-5-4-6-10-16/h3-12,14,17H,1,13,15H2,2H3/b20-14-/t17-/m0/s1. The summed E-state index contributed by atoms with van der Waals surface area (Å²) < 4.78 is 15.4. The first-order valence-electron chi connectivity index (χ1n) is 8.98. The van der Waals surface area contributed by atoms with Crippen molar-refractivity contribution < 1.29 is 28.7 Å². The molecule has 0 unspecified atom stereocenters. The zero-order chi connectivity index (χ0) is 21.9. The van der Waals surface area contributed by atoms with Gasteiger partial charge >= 0.3 is 11.9 Å². The summed E-state index contributed by atoms with van der Waals surface area (Å²) >= 11 is 0. The zero-order valence-corrected chi connectivity index (χ0v) is 16.4. The Morgan fingerprint density at radius 2 is 1.80 bits per heavy atom. The number of hydrogen-bond donors (Lipinski definition) is 0. The van der Waals surface area contributed by atoms with Gasteiger partial charge in [-0.15, -0.1) is 0 Å². The smallest absolute Gasteiger partial charge is 0.374 e. The molecule has 0 fully saturated rings. The summed E-state index contributed by atoms with van der Waals surface area (Å²) in [5.74, 6) is -2.82. The maximum absolute atomic E-state index is 12.6. The molecule has 0 heterocycles. The third-order valence-electron chi connectivity index (χ3n) is 3.99. The van der Waals surface area contributed by atoms with Crippen molar-refractivity contribution in [1.29, 1.82) is 0 Å². The quantitative estimate of drug-likeness (QED) is 0.147. The van der Waals surface area contributed by atoms with Gasteiger partial charge in [-0.3, -0.25) is 10.1 Å². The van der Waals surface area contributed by atoms with Crippen molar-refractivity contribution in [2.75, 3.05) is 20.3 Å². The Morgan fingerprint density at radius 3 is 2.43 bits per heavy atom. The molecule has 0 aromatic heterocycles. The summed E-state index contributed by atoms with van der Waals surface area (Å²) in [5.41, 5.74) is 0.671. The van der Waals surface area contributed by atoms with Crippen molar-refractivity contribution >= 4 is 11.9 Å². The first-order valence-corrected chi connectivity index (χ1v) is 8.98. The van der Waals surface area contributed by atoms with Crippen LogP contribution in [0.5, 0.6) is 5.75 Å². The van der Waals surface area contributed by atoms with Gasteiger partial charge < -0.3 is 14.2 Å². The van der Waals surface area contributed by atoms with Crippen LogP contribution in [0.2, 0.25) is 0 Å². The Labute approximate surface area is 173 Å². The lowest BCUT2D eigenvalue weighted by atomic mass is 9.98. The van der Waals surface area contributed by atoms with Gasteiger partial charge in [-0.25, -0.2) is 9.59 Å². The number of carbonyl (C=O) groups excluding carboxylic acids is 2. The normalized spacial score (nSPS) is 11.8. The molecule has 30 heavy (non-hydrogen) atoms. The van der Waals surface area contributed by atoms with E-state index in [1.165, 1.54) is 25.3 Å². The Morgan fingerprint density at radius 1 is 1.13 bits per heavy atom. The summed E-state index contributed by atoms with van der Waals surface area (Å²) in [6.07, 6.45) is 2.57. The highest BCUT2D eigenvalue weighted by atomic mass is 16.6. The third kappa shape index (κ3) is 6.30. The van der Waals surface area contributed by atoms with E-state index in [-0.39, 0.29) is 17.9 Å². The predicted octanol–water partition coefficient (Wildman–Crippen LogP) is 3.53. The van der Waals surface area contributed by atoms with E-state index < -0.39 is 35.1 Å². The highest BCUT2D eigenvalue weighted by Crippen LogP contribution is 2.23. The van der Waals surface area contributed by atoms with Crippen molar-refractivity contribution in [1.82, 2.24) is 0 Å². The lowest BCUT2D eigenvalue weighted by molar-refractivity contribution is -0.481. The van der Waals surface area contributed by atoms with Crippen molar-refractivity contribution in [2.45, 2.75) is 5.92 Å². The number of methoxy groups -OCH3 is 1. The van der Waals surface area contributed by atoms with E-state index in [4.69, 9.17) is 14.2 Å². The minimum Gasteiger partial charge on any atom is -0.496 e. The van der Waals surface area contributed by atoms with Crippen LogP contribution < -0.4 is 4.74 Å². The molecule has 2 aromatic rings. The largest absolute Gasteiger partial charge is 0.496 e. The fourth-order valence-electron chi connectivity index (χ4n) is 2.62. The van der Waals surface area contributed by atoms with Crippen molar-refractivity contribution in [3.63, 3.8) is 0 Å². The molecule has 0 N–H and O–H groups in total. The van der Waals surface area contributed by atoms with Crippen molar-refractivity contribution in [2.24, 2.45) is 0 Å². The van der Waals surface area contributed by atoms with Crippen LogP contribution in [0.4, 0.5) is 0 Å². The molecule has 0 radical (unpaired) electrons. The molecule has 8 nitrogen and oxygen atoms in total. The predicted molar refractivity (Wildman–Crippen MR) is 109 cm³/mol. The molecular weight excluding hydrogens is 390 g/mol. The van der Waals surface area contributed by atoms with Crippen LogP contribution >= 0.6 is 0 Å². The summed E-state index contributed by atoms with van der Waals surface area (Å²) in [6.45, 7) is 2.84. The molecule has 0 amide bonds. The minimum absolute atomic E-state index is 0.0907. The highest BCUT2D eigenvalue weighted by molar-refractivity contribution is 5.97. The van der Waals surface area contributed by atoms with Crippen molar-refractivity contribution in [3.05, 3.63) is 100 Å². The second kappa shape index (κ2) is 11.2. The molecular formula is C22H21NO7. The average molecular weight is 411 g/mol. The number of esters is 2. The molecule has 0 saturated carbocycles. The van der Waals surface area contributed by atoms with Gasteiger partial charge in [0, 0.05) is 4.92 Å². The van der Waals surface area contributed by atoms with Crippen molar-refractivity contribution in [3.8, 4) is 5.75 Å². The number of nitro groups is 1. The first kappa shape index (κ1) is 22.4. The first-order chi connectivity index (χ1) is 14.5. The molecule has 0 bridgehead atoms. The summed E-state index contributed by atoms with van der Waals surface area (Å²) in [6, 6.07) is 14.9. The molecule has 0 aliphatic rings. The Hall–Kier alpha value is -3.94. The van der Waals surface area contributed by atoms with Crippen LogP contribution in [0.15, 0.2) is 79.1 Å². The lowest BCUT2D eigenvalue weighted by Gasteiger charge is -2.13. The summed E-state index contributed by atoms with van der Waals surface area (Å²) in [7, 11) is 1.39. The van der Waals surface area contributed by atoms with E-state index in [2.05, 4.69) is 6.58 Å². The Balaban J connectivity index is 2.41. The molecule has 0 aliphatic carbocycles. The second-order valence-electron chi connectivity index (χ2n) is 6.04. The maximum atomic E-state index is 12.6. The molecule has 1 atom stereocenters. The van der Waals surface area contributed by atoms with E-state index in [0.29, 0.717) is 5.56 Å². The van der Waals surface area contributed by atoms with E-state index in [1.54, 1.807) is 48.5 Å². The highest BCUT2D eigenvalue weighted by Gasteiger charge is 2.25. The SMILES string of the molecule is C=CCOC(=O)/C(=C/[C@@H](C[N+](=O)[O-])c1ccccc1)OC(=O)c1ccccc1OC. The van der Waals surface area contributed by atoms with Crippen LogP contribution in [0, 0.1) is 10.1 Å². The van der Waals surface area contributed by atoms with Gasteiger partial charge in [0.15, 0.2) is 0 Å². The Bertz CT molecular complexity index is 938. The van der Waals surface area contributed by atoms with E-state index in [0.717, 1.165) is 0 Å². The lowest BCUT2D eigenvalue weighted by Crippen LogP contribution is -2.18. The number of rotatable bonds is 10. The minimum atomic E-state index is -0.942. The van der Waals surface area contributed by atoms with E-state index in [9.17, 15) is 19.7 Å². The van der Waals surface area contributed by atoms with Gasteiger partial charge in [-0.2, -0.15) is 0 Å². The van der Waals surface area contributed by atoms with Crippen LogP contribution in [0.25, 0.3) is 0 Å². The molecule has 0 saturated heterocycles. The van der Waals surface area contributed by atoms with E-state index >= 15 is 0 Å². The molecule has 2 rings (SSSR count). The van der Waals surface area contributed by atoms with Gasteiger partial charge in [-0.1, -0.05) is 55.1 Å². The van der Waals surface area contributed by atoms with Gasteiger partial charge in [0.25, 0.3) is 0 Å². The summed E-state index contributed by atoms with van der Waals surface area (Å²) in [5, 5.41) is 11.2. The van der Waals surface area contributed by atoms with E-state index in [1.807, 2.05) is 0 Å². The Kier molecular flexibility index (Phi) is 8.31. The molecule has 8 heteroatoms. The monoisotopic (exact) mass is 411 g/mol. The number of nitrogens with zero attached hydrogens (tertiary/aromatic N) is 1. The summed E-state index contributed by atoms with van der Waals surface area (Å²) in [4.78, 5) is 35.8. The fourth-order valence-corrected chi connectivity index (χ4v) is 2.62. The van der Waals surface area contributed by atoms with Gasteiger partial charge in [-0.05, 0) is 23.8 Å². The fraction of sp³-hybridized carbons (Fsp3) is 0.182. The number of carbonyl (C=O) groups is 2. The maximum Gasteiger partial charge on any atom is 0.374 e. The number of ether oxygens (including phenoxy) is 3. The van der Waals surface area contributed by atoms with Crippen LogP contribution in [-0.2, 0) is 14.3 Å². The number of benzene rings is 2. The van der Waals surface area contributed by atoms with Gasteiger partial charge in [0.2, 0.25) is 12.3 Å². The second-order valence-corrected chi connectivity index (χ2v) is 6.04. The third-order valence-corrected chi connectivity index (χ3v) is 3.99. The van der Waals surface area contributed by atoms with Crippen LogP contribution in [0.1, 0.15) is 21.8 Å². The number of hydrogen-bond acceptors (Lipinski definition) is 7. The molecule has 2 aromatic carbocycles. The number of para-hydroxylation sites is 1. The molecule has 0 aliphatic heterocycles. The van der Waals surface area contributed by atoms with Gasteiger partial charge in [0.05, 0.1) is 13.0 Å². The van der Waals surface area contributed by atoms with Gasteiger partial charge in [0.1, 0.15) is 17.9 Å². The van der Waals surface area contributed by atoms with Crippen LogP contribution in [-0.4, -0.2) is 37.1 Å². The van der Waals surface area contributed by atoms with Crippen LogP contribution in [0.3, 0.4) is 0 Å². The topological polar surface area (TPSA) is 105 Å². The molecule has 0 spiro atoms. The zero-order valence-electron chi connectivity index (χ0n) is 16.4.